The fraction of sp³-hybridized carbons (Fsp3) is 0.409. The van der Waals surface area contributed by atoms with Crippen LogP contribution in [0.1, 0.15) is 61.3 Å². The first-order valence-corrected chi connectivity index (χ1v) is 9.70. The number of nitrogens with one attached hydrogen (secondary N) is 1. The van der Waals surface area contributed by atoms with Crippen molar-refractivity contribution >= 4 is 22.6 Å². The van der Waals surface area contributed by atoms with Crippen molar-refractivity contribution in [3.05, 3.63) is 53.3 Å². The lowest BCUT2D eigenvalue weighted by Crippen LogP contribution is -2.23. The maximum atomic E-state index is 13.0. The molecule has 0 saturated carbocycles. The maximum Gasteiger partial charge on any atom is 0.252 e. The van der Waals surface area contributed by atoms with E-state index in [1.807, 2.05) is 37.0 Å². The van der Waals surface area contributed by atoms with Crippen LogP contribution in [-0.2, 0) is 6.54 Å². The minimum atomic E-state index is -0.103. The summed E-state index contributed by atoms with van der Waals surface area (Å²) < 4.78 is 1.87. The van der Waals surface area contributed by atoms with Crippen molar-refractivity contribution in [1.29, 1.82) is 0 Å². The van der Waals surface area contributed by atoms with E-state index in [9.17, 15) is 4.79 Å². The Bertz CT molecular complexity index is 971. The number of benzene rings is 1. The quantitative estimate of drug-likeness (QED) is 0.699. The highest BCUT2D eigenvalue weighted by Gasteiger charge is 2.18. The highest BCUT2D eigenvalue weighted by Crippen LogP contribution is 2.24. The number of hydrogen-bond acceptors (Lipinski definition) is 4. The van der Waals surface area contributed by atoms with Crippen molar-refractivity contribution in [2.24, 2.45) is 0 Å². The molecule has 2 aromatic heterocycles. The first-order valence-electron chi connectivity index (χ1n) is 9.70. The summed E-state index contributed by atoms with van der Waals surface area (Å²) in [5.41, 5.74) is 4.49. The minimum Gasteiger partial charge on any atom is -0.378 e. The van der Waals surface area contributed by atoms with Crippen LogP contribution in [0.15, 0.2) is 36.5 Å². The molecule has 0 unspecified atom stereocenters. The molecule has 0 aliphatic heterocycles. The third-order valence-electron chi connectivity index (χ3n) is 4.82. The van der Waals surface area contributed by atoms with Gasteiger partial charge in [0.2, 0.25) is 0 Å². The average Bonchev–Trinajstić information content (AvgIpc) is 3.09. The number of aromatic nitrogens is 3. The molecule has 0 atom stereocenters. The largest absolute Gasteiger partial charge is 0.378 e. The van der Waals surface area contributed by atoms with Crippen LogP contribution in [0.3, 0.4) is 0 Å². The third kappa shape index (κ3) is 4.01. The van der Waals surface area contributed by atoms with Crippen molar-refractivity contribution in [2.45, 2.75) is 46.2 Å². The molecule has 0 radical (unpaired) electrons. The summed E-state index contributed by atoms with van der Waals surface area (Å²) in [6.07, 6.45) is 1.74. The van der Waals surface area contributed by atoms with E-state index in [-0.39, 0.29) is 17.9 Å². The van der Waals surface area contributed by atoms with Crippen molar-refractivity contribution in [3.8, 4) is 0 Å². The standard InChI is InChI=1S/C22H29N5O/c1-14(2)20-11-18(19-13-24-27(15(3)4)21(19)25-20)22(28)23-12-16-7-9-17(10-8-16)26(5)6/h7-11,13-15H,12H2,1-6H3,(H,23,28). The monoisotopic (exact) mass is 379 g/mol. The number of pyridine rings is 1. The van der Waals surface area contributed by atoms with E-state index >= 15 is 0 Å². The van der Waals surface area contributed by atoms with E-state index < -0.39 is 0 Å². The van der Waals surface area contributed by atoms with Gasteiger partial charge in [-0.25, -0.2) is 9.67 Å². The molecule has 3 rings (SSSR count). The summed E-state index contributed by atoms with van der Waals surface area (Å²) in [5, 5.41) is 8.29. The molecule has 1 N–H and O–H groups in total. The van der Waals surface area contributed by atoms with Crippen LogP contribution in [0.4, 0.5) is 5.69 Å². The predicted molar refractivity (Wildman–Crippen MR) is 114 cm³/mol. The van der Waals surface area contributed by atoms with Gasteiger partial charge in [-0.1, -0.05) is 26.0 Å². The SMILES string of the molecule is CC(C)c1cc(C(=O)NCc2ccc(N(C)C)cc2)c2cnn(C(C)C)c2n1. The van der Waals surface area contributed by atoms with E-state index in [2.05, 4.69) is 55.1 Å². The molecule has 1 amide bonds. The Kier molecular flexibility index (Phi) is 5.68. The van der Waals surface area contributed by atoms with Gasteiger partial charge in [0.05, 0.1) is 17.1 Å². The molecule has 0 saturated heterocycles. The third-order valence-corrected chi connectivity index (χ3v) is 4.82. The molecule has 148 valence electrons. The number of rotatable bonds is 6. The average molecular weight is 380 g/mol. The fourth-order valence-electron chi connectivity index (χ4n) is 3.09. The molecule has 1 aromatic carbocycles. The number of carbonyl (C=O) groups is 1. The van der Waals surface area contributed by atoms with Crippen LogP contribution in [0.25, 0.3) is 11.0 Å². The summed E-state index contributed by atoms with van der Waals surface area (Å²) in [7, 11) is 4.02. The first kappa shape index (κ1) is 19.9. The maximum absolute atomic E-state index is 13.0. The highest BCUT2D eigenvalue weighted by atomic mass is 16.1. The lowest BCUT2D eigenvalue weighted by Gasteiger charge is -2.14. The Morgan fingerprint density at radius 1 is 1.14 bits per heavy atom. The smallest absolute Gasteiger partial charge is 0.252 e. The van der Waals surface area contributed by atoms with E-state index in [1.165, 1.54) is 0 Å². The predicted octanol–water partition coefficient (Wildman–Crippen LogP) is 4.13. The molecule has 6 heteroatoms. The molecule has 6 nitrogen and oxygen atoms in total. The summed E-state index contributed by atoms with van der Waals surface area (Å²) in [6.45, 7) is 8.77. The molecule has 0 aliphatic rings. The van der Waals surface area contributed by atoms with Crippen molar-refractivity contribution < 1.29 is 4.79 Å². The second-order valence-electron chi connectivity index (χ2n) is 7.91. The molecular weight excluding hydrogens is 350 g/mol. The Labute approximate surface area is 166 Å². The summed E-state index contributed by atoms with van der Waals surface area (Å²) in [6, 6.07) is 10.2. The summed E-state index contributed by atoms with van der Waals surface area (Å²) in [4.78, 5) is 19.8. The number of amides is 1. The molecule has 0 fully saturated rings. The minimum absolute atomic E-state index is 0.103. The Hall–Kier alpha value is -2.89. The molecule has 28 heavy (non-hydrogen) atoms. The first-order chi connectivity index (χ1) is 13.3. The number of nitrogens with zero attached hydrogens (tertiary/aromatic N) is 4. The van der Waals surface area contributed by atoms with Gasteiger partial charge in [0, 0.05) is 38.1 Å². The zero-order valence-electron chi connectivity index (χ0n) is 17.5. The van der Waals surface area contributed by atoms with E-state index in [0.29, 0.717) is 12.1 Å². The van der Waals surface area contributed by atoms with Crippen LogP contribution >= 0.6 is 0 Å². The van der Waals surface area contributed by atoms with Crippen LogP contribution in [-0.4, -0.2) is 34.8 Å². The van der Waals surface area contributed by atoms with Gasteiger partial charge in [-0.15, -0.1) is 0 Å². The van der Waals surface area contributed by atoms with Gasteiger partial charge in [0.1, 0.15) is 0 Å². The lowest BCUT2D eigenvalue weighted by atomic mass is 10.0. The molecule has 0 bridgehead atoms. The van der Waals surface area contributed by atoms with Crippen molar-refractivity contribution in [3.63, 3.8) is 0 Å². The lowest BCUT2D eigenvalue weighted by molar-refractivity contribution is 0.0952. The summed E-state index contributed by atoms with van der Waals surface area (Å²) >= 11 is 0. The second kappa shape index (κ2) is 8.00. The fourth-order valence-corrected chi connectivity index (χ4v) is 3.09. The van der Waals surface area contributed by atoms with E-state index in [0.717, 1.165) is 28.0 Å². The van der Waals surface area contributed by atoms with Crippen molar-refractivity contribution in [2.75, 3.05) is 19.0 Å². The van der Waals surface area contributed by atoms with Gasteiger partial charge in [-0.3, -0.25) is 4.79 Å². The Morgan fingerprint density at radius 2 is 1.82 bits per heavy atom. The van der Waals surface area contributed by atoms with E-state index in [4.69, 9.17) is 4.98 Å². The Morgan fingerprint density at radius 3 is 2.39 bits per heavy atom. The van der Waals surface area contributed by atoms with Gasteiger partial charge in [0.25, 0.3) is 5.91 Å². The van der Waals surface area contributed by atoms with E-state index in [1.54, 1.807) is 6.20 Å². The number of fused-ring (bicyclic) bond motifs is 1. The zero-order valence-corrected chi connectivity index (χ0v) is 17.5. The topological polar surface area (TPSA) is 63.1 Å². The van der Waals surface area contributed by atoms with Gasteiger partial charge in [-0.05, 0) is 43.5 Å². The molecule has 2 heterocycles. The normalized spacial score (nSPS) is 11.4. The van der Waals surface area contributed by atoms with Gasteiger partial charge in [-0.2, -0.15) is 5.10 Å². The highest BCUT2D eigenvalue weighted by molar-refractivity contribution is 6.05. The molecule has 0 aliphatic carbocycles. The number of hydrogen-bond donors (Lipinski definition) is 1. The number of carbonyl (C=O) groups excluding carboxylic acids is 1. The van der Waals surface area contributed by atoms with Gasteiger partial charge in [0.15, 0.2) is 5.65 Å². The zero-order chi connectivity index (χ0) is 20.4. The van der Waals surface area contributed by atoms with Crippen molar-refractivity contribution in [1.82, 2.24) is 20.1 Å². The number of anilines is 1. The molecular formula is C22H29N5O. The van der Waals surface area contributed by atoms with Gasteiger partial charge < -0.3 is 10.2 Å². The molecule has 0 spiro atoms. The van der Waals surface area contributed by atoms with Crippen LogP contribution in [0.5, 0.6) is 0 Å². The van der Waals surface area contributed by atoms with Crippen LogP contribution < -0.4 is 10.2 Å². The molecule has 3 aromatic rings. The summed E-state index contributed by atoms with van der Waals surface area (Å²) in [5.74, 6) is 0.124. The second-order valence-corrected chi connectivity index (χ2v) is 7.91. The Balaban J connectivity index is 1.88. The van der Waals surface area contributed by atoms with Gasteiger partial charge >= 0.3 is 0 Å². The van der Waals surface area contributed by atoms with Crippen LogP contribution in [0, 0.1) is 0 Å². The van der Waals surface area contributed by atoms with Crippen LogP contribution in [0.2, 0.25) is 0 Å².